The minimum atomic E-state index is -3.70. The summed E-state index contributed by atoms with van der Waals surface area (Å²) in [5.41, 5.74) is 1.92. The number of fused-ring (bicyclic) bond motifs is 1. The summed E-state index contributed by atoms with van der Waals surface area (Å²) in [6, 6.07) is 14.0. The molecule has 2 aromatic carbocycles. The van der Waals surface area contributed by atoms with Crippen LogP contribution in [0.15, 0.2) is 53.7 Å². The van der Waals surface area contributed by atoms with Gasteiger partial charge in [0.1, 0.15) is 18.1 Å². The zero-order valence-corrected chi connectivity index (χ0v) is 18.8. The fraction of sp³-hybridized carbons (Fsp3) is 0.348. The maximum atomic E-state index is 13.0. The molecule has 1 fully saturated rings. The van der Waals surface area contributed by atoms with Crippen LogP contribution in [0.2, 0.25) is 0 Å². The summed E-state index contributed by atoms with van der Waals surface area (Å²) in [5.74, 6) is 0.880. The van der Waals surface area contributed by atoms with Crippen molar-refractivity contribution in [3.63, 3.8) is 0 Å². The van der Waals surface area contributed by atoms with Gasteiger partial charge in [0, 0.05) is 30.5 Å². The smallest absolute Gasteiger partial charge is 0.244 e. The minimum absolute atomic E-state index is 0.0699. The summed E-state index contributed by atoms with van der Waals surface area (Å²) in [4.78, 5) is 8.90. The highest BCUT2D eigenvalue weighted by Crippen LogP contribution is 2.34. The second kappa shape index (κ2) is 9.86. The molecule has 0 N–H and O–H groups in total. The van der Waals surface area contributed by atoms with E-state index in [1.807, 2.05) is 38.1 Å². The summed E-state index contributed by atoms with van der Waals surface area (Å²) in [6.45, 7) is 4.77. The molecular weight excluding hydrogens is 412 g/mol. The van der Waals surface area contributed by atoms with E-state index >= 15 is 0 Å². The Bertz CT molecular complexity index is 1200. The van der Waals surface area contributed by atoms with Gasteiger partial charge in [0.2, 0.25) is 10.0 Å². The minimum Gasteiger partial charge on any atom is -0.497 e. The molecule has 2 heterocycles. The third kappa shape index (κ3) is 4.53. The summed E-state index contributed by atoms with van der Waals surface area (Å²) in [6.07, 6.45) is 2.86. The maximum absolute atomic E-state index is 13.0. The number of aromatic nitrogens is 2. The van der Waals surface area contributed by atoms with Gasteiger partial charge in [0.15, 0.2) is 0 Å². The van der Waals surface area contributed by atoms with Crippen molar-refractivity contribution in [2.24, 2.45) is 0 Å². The van der Waals surface area contributed by atoms with Gasteiger partial charge in [-0.15, -0.1) is 0 Å². The van der Waals surface area contributed by atoms with Crippen LogP contribution in [-0.4, -0.2) is 42.9 Å². The second-order valence-corrected chi connectivity index (χ2v) is 8.83. The molecule has 7 nitrogen and oxygen atoms in total. The van der Waals surface area contributed by atoms with E-state index in [9.17, 15) is 13.7 Å². The zero-order valence-electron chi connectivity index (χ0n) is 17.9. The second-order valence-electron chi connectivity index (χ2n) is 6.93. The molecule has 1 aliphatic rings. The van der Waals surface area contributed by atoms with Crippen LogP contribution in [0.5, 0.6) is 5.75 Å². The lowest BCUT2D eigenvalue weighted by Gasteiger charge is -2.31. The van der Waals surface area contributed by atoms with Crippen LogP contribution in [0, 0.1) is 11.3 Å². The molecule has 0 radical (unpaired) electrons. The van der Waals surface area contributed by atoms with Gasteiger partial charge >= 0.3 is 0 Å². The summed E-state index contributed by atoms with van der Waals surface area (Å²) in [5, 5.41) is 10.2. The van der Waals surface area contributed by atoms with E-state index in [1.165, 1.54) is 16.4 Å². The van der Waals surface area contributed by atoms with Gasteiger partial charge in [-0.1, -0.05) is 26.0 Å². The Morgan fingerprint density at radius 1 is 1.10 bits per heavy atom. The molecule has 0 spiro atoms. The Morgan fingerprint density at radius 3 is 2.48 bits per heavy atom. The van der Waals surface area contributed by atoms with E-state index in [0.717, 1.165) is 22.3 Å². The van der Waals surface area contributed by atoms with Gasteiger partial charge < -0.3 is 4.74 Å². The number of nitriles is 1. The number of rotatable bonds is 4. The lowest BCUT2D eigenvalue weighted by Crippen LogP contribution is -2.38. The highest BCUT2D eigenvalue weighted by Gasteiger charge is 2.32. The Hall–Kier alpha value is -3.02. The van der Waals surface area contributed by atoms with E-state index in [2.05, 4.69) is 9.97 Å². The van der Waals surface area contributed by atoms with Crippen molar-refractivity contribution in [2.75, 3.05) is 20.2 Å². The summed E-state index contributed by atoms with van der Waals surface area (Å²) < 4.78 is 32.8. The van der Waals surface area contributed by atoms with Crippen LogP contribution >= 0.6 is 0 Å². The highest BCUT2D eigenvalue weighted by atomic mass is 32.2. The van der Waals surface area contributed by atoms with Crippen molar-refractivity contribution in [3.05, 3.63) is 60.0 Å². The van der Waals surface area contributed by atoms with Crippen LogP contribution in [0.4, 0.5) is 0 Å². The van der Waals surface area contributed by atoms with Crippen molar-refractivity contribution < 1.29 is 13.2 Å². The molecule has 1 aromatic heterocycles. The molecule has 0 saturated carbocycles. The Labute approximate surface area is 183 Å². The number of sulfonamides is 1. The molecule has 0 aliphatic carbocycles. The number of hydrogen-bond donors (Lipinski definition) is 0. The molecule has 1 aliphatic heterocycles. The molecular formula is C23H26N4O3S. The molecule has 3 aromatic rings. The first kappa shape index (κ1) is 22.7. The van der Waals surface area contributed by atoms with E-state index in [4.69, 9.17) is 4.74 Å². The molecule has 0 bridgehead atoms. The van der Waals surface area contributed by atoms with Crippen molar-refractivity contribution >= 4 is 20.9 Å². The largest absolute Gasteiger partial charge is 0.497 e. The average molecular weight is 439 g/mol. The summed E-state index contributed by atoms with van der Waals surface area (Å²) in [7, 11) is -2.09. The quantitative estimate of drug-likeness (QED) is 0.608. The van der Waals surface area contributed by atoms with Gasteiger partial charge in [-0.05, 0) is 37.1 Å². The van der Waals surface area contributed by atoms with E-state index in [-0.39, 0.29) is 16.4 Å². The third-order valence-corrected chi connectivity index (χ3v) is 7.30. The fourth-order valence-corrected chi connectivity index (χ4v) is 5.41. The molecule has 0 unspecified atom stereocenters. The van der Waals surface area contributed by atoms with Gasteiger partial charge in [-0.2, -0.15) is 9.57 Å². The predicted octanol–water partition coefficient (Wildman–Crippen LogP) is 4.10. The standard InChI is InChI=1S/C21H20N4O3S.C2H6/c1-28-17-6-7-18-19(12-17)23-14-24-21(18)15-8-10-25(11-9-15)29(26,27)20-5-3-2-4-16(20)13-22;1-2/h2-7,12,14-15H,8-11H2,1H3;1-2H3. The Morgan fingerprint density at radius 2 is 1.81 bits per heavy atom. The van der Waals surface area contributed by atoms with Gasteiger partial charge in [0.25, 0.3) is 0 Å². The first-order valence-electron chi connectivity index (χ1n) is 10.3. The molecule has 31 heavy (non-hydrogen) atoms. The Balaban J connectivity index is 0.00000132. The zero-order chi connectivity index (χ0) is 22.4. The predicted molar refractivity (Wildman–Crippen MR) is 119 cm³/mol. The van der Waals surface area contributed by atoms with Crippen LogP contribution in [0.1, 0.15) is 43.9 Å². The topological polar surface area (TPSA) is 96.2 Å². The first-order chi connectivity index (χ1) is 15.0. The average Bonchev–Trinajstić information content (AvgIpc) is 2.84. The van der Waals surface area contributed by atoms with Gasteiger partial charge in [0.05, 0.1) is 28.8 Å². The third-order valence-electron chi connectivity index (χ3n) is 5.34. The lowest BCUT2D eigenvalue weighted by molar-refractivity contribution is 0.317. The van der Waals surface area contributed by atoms with Gasteiger partial charge in [-0.3, -0.25) is 0 Å². The molecule has 162 valence electrons. The van der Waals surface area contributed by atoms with Crippen molar-refractivity contribution in [1.29, 1.82) is 5.26 Å². The van der Waals surface area contributed by atoms with E-state index in [0.29, 0.717) is 25.9 Å². The SMILES string of the molecule is CC.COc1ccc2c(C3CCN(S(=O)(=O)c4ccccc4C#N)CC3)ncnc2c1. The molecule has 1 saturated heterocycles. The van der Waals surface area contributed by atoms with Crippen molar-refractivity contribution in [1.82, 2.24) is 14.3 Å². The number of benzene rings is 2. The van der Waals surface area contributed by atoms with Gasteiger partial charge in [-0.25, -0.2) is 18.4 Å². The van der Waals surface area contributed by atoms with E-state index in [1.54, 1.807) is 25.6 Å². The van der Waals surface area contributed by atoms with E-state index < -0.39 is 10.0 Å². The first-order valence-corrected chi connectivity index (χ1v) is 11.8. The number of hydrogen-bond acceptors (Lipinski definition) is 6. The monoisotopic (exact) mass is 438 g/mol. The van der Waals surface area contributed by atoms with Crippen LogP contribution < -0.4 is 4.74 Å². The van der Waals surface area contributed by atoms with Crippen molar-refractivity contribution in [2.45, 2.75) is 37.5 Å². The fourth-order valence-electron chi connectivity index (χ4n) is 3.80. The number of ether oxygens (including phenoxy) is 1. The number of methoxy groups -OCH3 is 1. The van der Waals surface area contributed by atoms with Crippen molar-refractivity contribution in [3.8, 4) is 11.8 Å². The van der Waals surface area contributed by atoms with Crippen LogP contribution in [-0.2, 0) is 10.0 Å². The molecule has 8 heteroatoms. The summed E-state index contributed by atoms with van der Waals surface area (Å²) >= 11 is 0. The van der Waals surface area contributed by atoms with Crippen LogP contribution in [0.3, 0.4) is 0 Å². The lowest BCUT2D eigenvalue weighted by atomic mass is 9.92. The number of nitrogens with zero attached hydrogens (tertiary/aromatic N) is 4. The van der Waals surface area contributed by atoms with Crippen LogP contribution in [0.25, 0.3) is 10.9 Å². The molecule has 0 atom stereocenters. The number of piperidine rings is 1. The maximum Gasteiger partial charge on any atom is 0.244 e. The Kier molecular flexibility index (Phi) is 7.21. The highest BCUT2D eigenvalue weighted by molar-refractivity contribution is 7.89. The molecule has 0 amide bonds. The normalized spacial score (nSPS) is 15.0. The molecule has 4 rings (SSSR count).